The molecule has 1 unspecified atom stereocenters. The first kappa shape index (κ1) is 15.1. The smallest absolute Gasteiger partial charge is 0.287 e. The zero-order valence-electron chi connectivity index (χ0n) is 13.6. The summed E-state index contributed by atoms with van der Waals surface area (Å²) in [5.74, 6) is 0.875. The molecule has 1 amide bonds. The number of furan rings is 1. The van der Waals surface area contributed by atoms with Crippen LogP contribution in [0.3, 0.4) is 0 Å². The summed E-state index contributed by atoms with van der Waals surface area (Å²) in [7, 11) is 0. The zero-order valence-corrected chi connectivity index (χ0v) is 13.6. The van der Waals surface area contributed by atoms with Crippen LogP contribution >= 0.6 is 0 Å². The lowest BCUT2D eigenvalue weighted by atomic mass is 9.99. The van der Waals surface area contributed by atoms with Gasteiger partial charge in [0.25, 0.3) is 5.91 Å². The fourth-order valence-corrected chi connectivity index (χ4v) is 3.31. The minimum Gasteiger partial charge on any atom is -0.450 e. The van der Waals surface area contributed by atoms with Crippen LogP contribution < -0.4 is 10.6 Å². The maximum absolute atomic E-state index is 12.5. The van der Waals surface area contributed by atoms with Gasteiger partial charge in [-0.05, 0) is 63.7 Å². The van der Waals surface area contributed by atoms with E-state index >= 15 is 0 Å². The molecule has 1 fully saturated rings. The fraction of sp³-hybridized carbons (Fsp3) is 0.500. The number of aryl methyl sites for hydroxylation is 3. The lowest BCUT2D eigenvalue weighted by Crippen LogP contribution is -2.38. The molecule has 0 saturated carbocycles. The number of hydrogen-bond donors (Lipinski definition) is 2. The minimum absolute atomic E-state index is 0.0990. The number of benzene rings is 1. The van der Waals surface area contributed by atoms with Crippen LogP contribution in [0.1, 0.15) is 40.1 Å². The third-order valence-electron chi connectivity index (χ3n) is 4.64. The van der Waals surface area contributed by atoms with Gasteiger partial charge in [-0.3, -0.25) is 4.79 Å². The van der Waals surface area contributed by atoms with Crippen molar-refractivity contribution in [3.8, 4) is 0 Å². The van der Waals surface area contributed by atoms with Crippen LogP contribution in [-0.4, -0.2) is 25.5 Å². The van der Waals surface area contributed by atoms with Crippen molar-refractivity contribution in [1.82, 2.24) is 10.6 Å². The van der Waals surface area contributed by atoms with E-state index in [-0.39, 0.29) is 5.91 Å². The van der Waals surface area contributed by atoms with E-state index in [1.807, 2.05) is 19.9 Å². The van der Waals surface area contributed by atoms with Gasteiger partial charge in [0.15, 0.2) is 5.76 Å². The molecule has 0 aliphatic carbocycles. The summed E-state index contributed by atoms with van der Waals surface area (Å²) in [6.45, 7) is 8.82. The van der Waals surface area contributed by atoms with Crippen molar-refractivity contribution in [2.45, 2.75) is 33.6 Å². The average Bonchev–Trinajstić information content (AvgIpc) is 2.89. The first-order valence-electron chi connectivity index (χ1n) is 8.06. The predicted molar refractivity (Wildman–Crippen MR) is 88.4 cm³/mol. The van der Waals surface area contributed by atoms with Gasteiger partial charge < -0.3 is 15.1 Å². The third-order valence-corrected chi connectivity index (χ3v) is 4.64. The Kier molecular flexibility index (Phi) is 4.21. The Morgan fingerprint density at radius 2 is 2.09 bits per heavy atom. The van der Waals surface area contributed by atoms with E-state index in [0.717, 1.165) is 40.7 Å². The predicted octanol–water partition coefficient (Wildman–Crippen LogP) is 3.09. The molecule has 1 aliphatic rings. The second kappa shape index (κ2) is 6.13. The van der Waals surface area contributed by atoms with Gasteiger partial charge in [-0.25, -0.2) is 0 Å². The molecule has 0 radical (unpaired) electrons. The Morgan fingerprint density at radius 3 is 2.77 bits per heavy atom. The zero-order chi connectivity index (χ0) is 15.7. The molecule has 1 saturated heterocycles. The van der Waals surface area contributed by atoms with Crippen LogP contribution in [0.25, 0.3) is 11.0 Å². The second-order valence-electron chi connectivity index (χ2n) is 6.38. The van der Waals surface area contributed by atoms with Crippen molar-refractivity contribution in [2.24, 2.45) is 5.92 Å². The molecule has 2 N–H and O–H groups in total. The Labute approximate surface area is 131 Å². The summed E-state index contributed by atoms with van der Waals surface area (Å²) in [5.41, 5.74) is 3.99. The highest BCUT2D eigenvalue weighted by Crippen LogP contribution is 2.30. The van der Waals surface area contributed by atoms with Gasteiger partial charge in [-0.15, -0.1) is 0 Å². The molecular weight excluding hydrogens is 276 g/mol. The summed E-state index contributed by atoms with van der Waals surface area (Å²) in [5, 5.41) is 7.48. The maximum Gasteiger partial charge on any atom is 0.287 e. The molecule has 1 atom stereocenters. The number of hydrogen-bond acceptors (Lipinski definition) is 3. The number of piperidine rings is 1. The average molecular weight is 300 g/mol. The highest BCUT2D eigenvalue weighted by molar-refractivity contribution is 6.00. The van der Waals surface area contributed by atoms with E-state index in [9.17, 15) is 4.79 Å². The third kappa shape index (κ3) is 2.75. The number of fused-ring (bicyclic) bond motifs is 1. The Morgan fingerprint density at radius 1 is 1.32 bits per heavy atom. The molecule has 1 aromatic carbocycles. The van der Waals surface area contributed by atoms with Crippen LogP contribution in [0, 0.1) is 26.7 Å². The number of rotatable bonds is 3. The molecule has 118 valence electrons. The topological polar surface area (TPSA) is 54.3 Å². The second-order valence-corrected chi connectivity index (χ2v) is 6.38. The van der Waals surface area contributed by atoms with Crippen LogP contribution in [0.5, 0.6) is 0 Å². The van der Waals surface area contributed by atoms with Crippen molar-refractivity contribution in [3.63, 3.8) is 0 Å². The summed E-state index contributed by atoms with van der Waals surface area (Å²) < 4.78 is 5.88. The van der Waals surface area contributed by atoms with Gasteiger partial charge in [-0.2, -0.15) is 0 Å². The first-order chi connectivity index (χ1) is 10.6. The van der Waals surface area contributed by atoms with Crippen LogP contribution in [0.15, 0.2) is 16.5 Å². The molecule has 2 heterocycles. The molecule has 4 nitrogen and oxygen atoms in total. The number of carbonyl (C=O) groups excluding carboxylic acids is 1. The van der Waals surface area contributed by atoms with Crippen molar-refractivity contribution in [3.05, 3.63) is 34.6 Å². The molecule has 22 heavy (non-hydrogen) atoms. The minimum atomic E-state index is -0.0990. The summed E-state index contributed by atoms with van der Waals surface area (Å²) in [6.07, 6.45) is 2.35. The number of amides is 1. The van der Waals surface area contributed by atoms with Gasteiger partial charge in [-0.1, -0.05) is 12.1 Å². The highest BCUT2D eigenvalue weighted by Gasteiger charge is 2.21. The van der Waals surface area contributed by atoms with Gasteiger partial charge in [0.2, 0.25) is 0 Å². The van der Waals surface area contributed by atoms with Gasteiger partial charge in [0.1, 0.15) is 5.58 Å². The quantitative estimate of drug-likeness (QED) is 0.916. The van der Waals surface area contributed by atoms with Gasteiger partial charge in [0, 0.05) is 17.5 Å². The molecule has 1 aromatic heterocycles. The van der Waals surface area contributed by atoms with E-state index in [1.165, 1.54) is 12.8 Å². The molecule has 3 rings (SSSR count). The molecule has 0 spiro atoms. The normalized spacial score (nSPS) is 18.6. The molecule has 1 aliphatic heterocycles. The SMILES string of the molecule is Cc1ccc(C)c2c(C)c(C(=O)NCC3CCCNC3)oc12. The van der Waals surface area contributed by atoms with E-state index in [4.69, 9.17) is 4.42 Å². The lowest BCUT2D eigenvalue weighted by molar-refractivity contribution is 0.0918. The molecule has 0 bridgehead atoms. The first-order valence-corrected chi connectivity index (χ1v) is 8.06. The highest BCUT2D eigenvalue weighted by atomic mass is 16.3. The summed E-state index contributed by atoms with van der Waals surface area (Å²) >= 11 is 0. The molecular formula is C18H24N2O2. The van der Waals surface area contributed by atoms with E-state index in [1.54, 1.807) is 0 Å². The Balaban J connectivity index is 1.80. The van der Waals surface area contributed by atoms with Crippen molar-refractivity contribution >= 4 is 16.9 Å². The lowest BCUT2D eigenvalue weighted by Gasteiger charge is -2.22. The Bertz CT molecular complexity index is 697. The van der Waals surface area contributed by atoms with Crippen LogP contribution in [0.4, 0.5) is 0 Å². The maximum atomic E-state index is 12.5. The van der Waals surface area contributed by atoms with E-state index < -0.39 is 0 Å². The van der Waals surface area contributed by atoms with Crippen molar-refractivity contribution in [2.75, 3.05) is 19.6 Å². The Hall–Kier alpha value is -1.81. The van der Waals surface area contributed by atoms with Crippen LogP contribution in [-0.2, 0) is 0 Å². The van der Waals surface area contributed by atoms with Crippen LogP contribution in [0.2, 0.25) is 0 Å². The number of carbonyl (C=O) groups is 1. The number of nitrogens with one attached hydrogen (secondary N) is 2. The summed E-state index contributed by atoms with van der Waals surface area (Å²) in [6, 6.07) is 4.12. The molecule has 2 aromatic rings. The fourth-order valence-electron chi connectivity index (χ4n) is 3.31. The standard InChI is InChI=1S/C18H24N2O2/c1-11-6-7-12(2)16-15(11)13(3)17(22-16)18(21)20-10-14-5-4-8-19-9-14/h6-7,14,19H,4-5,8-10H2,1-3H3,(H,20,21). The summed E-state index contributed by atoms with van der Waals surface area (Å²) in [4.78, 5) is 12.5. The van der Waals surface area contributed by atoms with Gasteiger partial charge in [0.05, 0.1) is 0 Å². The van der Waals surface area contributed by atoms with E-state index in [2.05, 4.69) is 23.6 Å². The van der Waals surface area contributed by atoms with E-state index in [0.29, 0.717) is 18.2 Å². The monoisotopic (exact) mass is 300 g/mol. The van der Waals surface area contributed by atoms with Crippen molar-refractivity contribution < 1.29 is 9.21 Å². The largest absolute Gasteiger partial charge is 0.450 e. The van der Waals surface area contributed by atoms with Crippen molar-refractivity contribution in [1.29, 1.82) is 0 Å². The molecule has 4 heteroatoms. The van der Waals surface area contributed by atoms with Gasteiger partial charge >= 0.3 is 0 Å².